The third-order valence-corrected chi connectivity index (χ3v) is 11.3. The zero-order chi connectivity index (χ0) is 27.0. The predicted octanol–water partition coefficient (Wildman–Crippen LogP) is 7.23. The number of rotatable bonds is 9. The molecule has 0 saturated heterocycles. The van der Waals surface area contributed by atoms with E-state index >= 15 is 0 Å². The van der Waals surface area contributed by atoms with Crippen molar-refractivity contribution in [2.45, 2.75) is 117 Å². The molecule has 0 bridgehead atoms. The summed E-state index contributed by atoms with van der Waals surface area (Å²) >= 11 is 0. The Morgan fingerprint density at radius 1 is 1.16 bits per heavy atom. The number of likely N-dealkylation sites (N-methyl/N-ethyl adjacent to an activating group) is 1. The van der Waals surface area contributed by atoms with Gasteiger partial charge in [0.25, 0.3) is 0 Å². The molecule has 0 amide bonds. The fourth-order valence-corrected chi connectivity index (χ4v) is 9.24. The summed E-state index contributed by atoms with van der Waals surface area (Å²) in [6.07, 6.45) is 14.9. The topological polar surface area (TPSA) is 59.0 Å². The predicted molar refractivity (Wildman–Crippen MR) is 149 cm³/mol. The first-order valence-corrected chi connectivity index (χ1v) is 15.2. The van der Waals surface area contributed by atoms with E-state index in [1.54, 1.807) is 5.57 Å². The summed E-state index contributed by atoms with van der Waals surface area (Å²) in [6.45, 7) is 12.6. The molecule has 0 aromatic rings. The quantitative estimate of drug-likeness (QED) is 0.258. The molecular weight excluding hydrogens is 462 g/mol. The van der Waals surface area contributed by atoms with Crippen molar-refractivity contribution >= 4 is 6.16 Å². The lowest BCUT2D eigenvalue weighted by Crippen LogP contribution is -2.51. The van der Waals surface area contributed by atoms with Gasteiger partial charge >= 0.3 is 6.16 Å². The number of carbonyl (C=O) groups excluding carboxylic acids is 1. The average Bonchev–Trinajstić information content (AvgIpc) is 3.15. The Morgan fingerprint density at radius 3 is 2.62 bits per heavy atom. The smallest absolute Gasteiger partial charge is 0.433 e. The molecule has 4 aliphatic rings. The first-order valence-electron chi connectivity index (χ1n) is 15.2. The lowest BCUT2D eigenvalue weighted by molar-refractivity contribution is -0.0620. The highest BCUT2D eigenvalue weighted by Gasteiger charge is 2.59. The van der Waals surface area contributed by atoms with Crippen molar-refractivity contribution in [3.8, 4) is 0 Å². The van der Waals surface area contributed by atoms with Crippen LogP contribution in [0.15, 0.2) is 11.6 Å². The van der Waals surface area contributed by atoms with Gasteiger partial charge in [-0.3, -0.25) is 0 Å². The summed E-state index contributed by atoms with van der Waals surface area (Å²) in [7, 11) is 3.94. The van der Waals surface area contributed by atoms with Crippen LogP contribution in [0.2, 0.25) is 0 Å². The number of carbonyl (C=O) groups is 1. The van der Waals surface area contributed by atoms with E-state index in [1.165, 1.54) is 38.5 Å². The van der Waals surface area contributed by atoms with Crippen molar-refractivity contribution in [2.24, 2.45) is 40.4 Å². The van der Waals surface area contributed by atoms with Crippen LogP contribution in [0.25, 0.3) is 0 Å². The molecular formula is C32H55NO4. The van der Waals surface area contributed by atoms with Crippen molar-refractivity contribution in [1.82, 2.24) is 4.90 Å². The maximum atomic E-state index is 12.2. The highest BCUT2D eigenvalue weighted by Crippen LogP contribution is 2.67. The summed E-state index contributed by atoms with van der Waals surface area (Å²) in [5, 5.41) is 10.2. The van der Waals surface area contributed by atoms with Gasteiger partial charge in [0.05, 0.1) is 5.60 Å². The van der Waals surface area contributed by atoms with Gasteiger partial charge in [0.1, 0.15) is 12.7 Å². The Balaban J connectivity index is 1.37. The van der Waals surface area contributed by atoms with Crippen molar-refractivity contribution < 1.29 is 19.4 Å². The van der Waals surface area contributed by atoms with Gasteiger partial charge in [-0.2, -0.15) is 0 Å². The zero-order valence-corrected chi connectivity index (χ0v) is 24.9. The number of hydrogen-bond acceptors (Lipinski definition) is 5. The molecule has 0 aliphatic heterocycles. The van der Waals surface area contributed by atoms with E-state index in [4.69, 9.17) is 9.47 Å². The lowest BCUT2D eigenvalue weighted by atomic mass is 9.47. The van der Waals surface area contributed by atoms with Crippen LogP contribution in [0.5, 0.6) is 0 Å². The second-order valence-corrected chi connectivity index (χ2v) is 14.6. The fraction of sp³-hybridized carbons (Fsp3) is 0.906. The van der Waals surface area contributed by atoms with E-state index in [2.05, 4.69) is 26.8 Å². The molecule has 37 heavy (non-hydrogen) atoms. The summed E-state index contributed by atoms with van der Waals surface area (Å²) in [5.74, 6) is 3.96. The number of ether oxygens (including phenoxy) is 2. The maximum Gasteiger partial charge on any atom is 0.508 e. The minimum atomic E-state index is -0.544. The molecule has 3 fully saturated rings. The van der Waals surface area contributed by atoms with Crippen molar-refractivity contribution in [1.29, 1.82) is 0 Å². The van der Waals surface area contributed by atoms with Gasteiger partial charge in [0.2, 0.25) is 0 Å². The molecule has 4 rings (SSSR count). The Morgan fingerprint density at radius 2 is 1.92 bits per heavy atom. The number of allylic oxidation sites excluding steroid dienone is 1. The van der Waals surface area contributed by atoms with Crippen LogP contribution in [0.4, 0.5) is 4.79 Å². The molecule has 0 aromatic carbocycles. The Hall–Kier alpha value is -1.07. The molecule has 1 N–H and O–H groups in total. The Bertz CT molecular complexity index is 831. The maximum absolute atomic E-state index is 12.2. The van der Waals surface area contributed by atoms with Crippen molar-refractivity contribution in [3.63, 3.8) is 0 Å². The number of hydrogen-bond donors (Lipinski definition) is 1. The van der Waals surface area contributed by atoms with Gasteiger partial charge in [-0.05, 0) is 120 Å². The van der Waals surface area contributed by atoms with Gasteiger partial charge in [-0.1, -0.05) is 45.3 Å². The minimum absolute atomic E-state index is 0.0443. The Labute approximate surface area is 226 Å². The van der Waals surface area contributed by atoms with E-state index in [9.17, 15) is 9.90 Å². The molecule has 212 valence electrons. The monoisotopic (exact) mass is 517 g/mol. The Kier molecular flexibility index (Phi) is 8.75. The number of fused-ring (bicyclic) bond motifs is 5. The average molecular weight is 518 g/mol. The molecule has 5 heteroatoms. The molecule has 0 heterocycles. The summed E-state index contributed by atoms with van der Waals surface area (Å²) in [5.41, 5.74) is 1.73. The third kappa shape index (κ3) is 6.24. The van der Waals surface area contributed by atoms with E-state index in [-0.39, 0.29) is 11.5 Å². The summed E-state index contributed by atoms with van der Waals surface area (Å²) in [4.78, 5) is 14.2. The van der Waals surface area contributed by atoms with Crippen LogP contribution in [0, 0.1) is 40.4 Å². The van der Waals surface area contributed by atoms with Gasteiger partial charge < -0.3 is 19.5 Å². The molecule has 0 radical (unpaired) electrons. The second kappa shape index (κ2) is 11.2. The van der Waals surface area contributed by atoms with E-state index in [0.717, 1.165) is 61.7 Å². The molecule has 0 spiro atoms. The van der Waals surface area contributed by atoms with Crippen LogP contribution >= 0.6 is 0 Å². The molecule has 0 aromatic heterocycles. The van der Waals surface area contributed by atoms with Gasteiger partial charge in [-0.15, -0.1) is 0 Å². The van der Waals surface area contributed by atoms with Crippen molar-refractivity contribution in [3.05, 3.63) is 11.6 Å². The van der Waals surface area contributed by atoms with Gasteiger partial charge in [-0.25, -0.2) is 4.79 Å². The SMILES string of the molecule is C[C@H](CCCC(C)(C)O)[C@H]1CC[C@H]2[C@@H]3CC=C4C[C@@H](OC(=O)OCCN(C)C)CC[C@]4(C)[C@H]3CC[C@]12C. The zero-order valence-electron chi connectivity index (χ0n) is 24.9. The summed E-state index contributed by atoms with van der Waals surface area (Å²) < 4.78 is 11.0. The van der Waals surface area contributed by atoms with Crippen LogP contribution in [0.1, 0.15) is 105 Å². The van der Waals surface area contributed by atoms with Gasteiger partial charge in [0, 0.05) is 13.0 Å². The highest BCUT2D eigenvalue weighted by molar-refractivity contribution is 5.60. The van der Waals surface area contributed by atoms with Gasteiger partial charge in [0.15, 0.2) is 0 Å². The number of aliphatic hydroxyl groups is 1. The number of nitrogens with zero attached hydrogens (tertiary/aromatic N) is 1. The molecule has 0 unspecified atom stereocenters. The first-order chi connectivity index (χ1) is 17.3. The third-order valence-electron chi connectivity index (χ3n) is 11.3. The van der Waals surface area contributed by atoms with Crippen LogP contribution in [-0.2, 0) is 9.47 Å². The molecule has 4 aliphatic carbocycles. The highest BCUT2D eigenvalue weighted by atomic mass is 16.7. The minimum Gasteiger partial charge on any atom is -0.433 e. The molecule has 8 atom stereocenters. The standard InChI is InChI=1S/C32H55NO4/c1-22(9-8-16-30(2,3)35)26-12-13-27-25-11-10-23-21-24(37-29(34)36-20-19-33(6)7)14-17-31(23,4)28(25)15-18-32(26,27)5/h10,22,24-28,35H,8-9,11-21H2,1-7H3/t22-,24+,25+,26-,27+,28+,31+,32-/m1/s1. The molecule has 5 nitrogen and oxygen atoms in total. The van der Waals surface area contributed by atoms with Crippen LogP contribution < -0.4 is 0 Å². The van der Waals surface area contributed by atoms with E-state index in [1.807, 2.05) is 32.8 Å². The normalized spacial score (nSPS) is 38.3. The van der Waals surface area contributed by atoms with Crippen LogP contribution in [0.3, 0.4) is 0 Å². The largest absolute Gasteiger partial charge is 0.508 e. The lowest BCUT2D eigenvalue weighted by Gasteiger charge is -2.58. The van der Waals surface area contributed by atoms with Crippen LogP contribution in [-0.4, -0.2) is 55.1 Å². The van der Waals surface area contributed by atoms with E-state index in [0.29, 0.717) is 18.6 Å². The first kappa shape index (κ1) is 28.9. The summed E-state index contributed by atoms with van der Waals surface area (Å²) in [6, 6.07) is 0. The second-order valence-electron chi connectivity index (χ2n) is 14.6. The molecule has 3 saturated carbocycles. The van der Waals surface area contributed by atoms with Crippen molar-refractivity contribution in [2.75, 3.05) is 27.2 Å². The fourth-order valence-electron chi connectivity index (χ4n) is 9.24. The van der Waals surface area contributed by atoms with E-state index < -0.39 is 11.8 Å².